The average molecular weight is 578 g/mol. The Labute approximate surface area is 235 Å². The van der Waals surface area contributed by atoms with E-state index < -0.39 is 16.1 Å². The van der Waals surface area contributed by atoms with Crippen LogP contribution in [0.2, 0.25) is 5.02 Å². The van der Waals surface area contributed by atoms with Gasteiger partial charge in [0.05, 0.1) is 11.9 Å². The van der Waals surface area contributed by atoms with Gasteiger partial charge >= 0.3 is 0 Å². The van der Waals surface area contributed by atoms with E-state index in [0.717, 1.165) is 37.5 Å². The van der Waals surface area contributed by atoms with Crippen molar-refractivity contribution in [3.63, 3.8) is 0 Å². The molecule has 1 saturated carbocycles. The van der Waals surface area contributed by atoms with Crippen LogP contribution >= 0.6 is 11.6 Å². The Kier molecular flexibility index (Phi) is 9.61. The fraction of sp³-hybridized carbons (Fsp3) is 0.500. The summed E-state index contributed by atoms with van der Waals surface area (Å²) in [5.41, 5.74) is 1.17. The van der Waals surface area contributed by atoms with Gasteiger partial charge in [0.15, 0.2) is 11.5 Å². The Morgan fingerprint density at radius 3 is 2.46 bits per heavy atom. The molecule has 1 heterocycles. The zero-order valence-electron chi connectivity index (χ0n) is 22.4. The quantitative estimate of drug-likeness (QED) is 0.430. The maximum Gasteiger partial charge on any atom is 0.242 e. The van der Waals surface area contributed by atoms with Gasteiger partial charge < -0.3 is 19.7 Å². The number of nitrogens with zero attached hydrogens (tertiary/aromatic N) is 2. The minimum atomic E-state index is -3.63. The van der Waals surface area contributed by atoms with E-state index in [1.165, 1.54) is 9.21 Å². The highest BCUT2D eigenvalue weighted by Gasteiger charge is 2.29. The zero-order chi connectivity index (χ0) is 28.0. The number of sulfonamides is 1. The Morgan fingerprint density at radius 2 is 1.77 bits per heavy atom. The highest BCUT2D eigenvalue weighted by molar-refractivity contribution is 7.92. The smallest absolute Gasteiger partial charge is 0.242 e. The summed E-state index contributed by atoms with van der Waals surface area (Å²) < 4.78 is 37.7. The summed E-state index contributed by atoms with van der Waals surface area (Å²) in [6.45, 7) is 2.81. The van der Waals surface area contributed by atoms with Crippen LogP contribution in [0.5, 0.6) is 11.5 Å². The molecule has 1 fully saturated rings. The number of ether oxygens (including phenoxy) is 2. The zero-order valence-corrected chi connectivity index (χ0v) is 24.0. The van der Waals surface area contributed by atoms with Gasteiger partial charge in [0.25, 0.3) is 0 Å². The third kappa shape index (κ3) is 7.57. The van der Waals surface area contributed by atoms with E-state index in [-0.39, 0.29) is 43.8 Å². The number of amides is 2. The summed E-state index contributed by atoms with van der Waals surface area (Å²) in [6, 6.07) is 11.6. The molecule has 2 amide bonds. The molecule has 1 aliphatic carbocycles. The molecule has 39 heavy (non-hydrogen) atoms. The summed E-state index contributed by atoms with van der Waals surface area (Å²) in [7, 11) is -3.63. The Balaban J connectivity index is 1.46. The predicted molar refractivity (Wildman–Crippen MR) is 151 cm³/mol. The number of anilines is 1. The van der Waals surface area contributed by atoms with E-state index in [1.54, 1.807) is 31.2 Å². The van der Waals surface area contributed by atoms with Crippen molar-refractivity contribution < 1.29 is 27.5 Å². The fourth-order valence-electron chi connectivity index (χ4n) is 4.98. The number of fused-ring (bicyclic) bond motifs is 1. The molecule has 1 atom stereocenters. The highest BCUT2D eigenvalue weighted by Crippen LogP contribution is 2.35. The average Bonchev–Trinajstić information content (AvgIpc) is 3.42. The van der Waals surface area contributed by atoms with Crippen molar-refractivity contribution in [1.29, 1.82) is 0 Å². The SMILES string of the molecule is C[C@H](C(=O)NC1CCCC1)N(Cc1ccccc1Cl)C(=O)CCCN(c1ccc2c(c1)OCCO2)S(C)(=O)=O. The Morgan fingerprint density at radius 1 is 1.08 bits per heavy atom. The van der Waals surface area contributed by atoms with Gasteiger partial charge in [-0.3, -0.25) is 13.9 Å². The van der Waals surface area contributed by atoms with Crippen molar-refractivity contribution in [3.8, 4) is 11.5 Å². The number of hydrogen-bond donors (Lipinski definition) is 1. The lowest BCUT2D eigenvalue weighted by molar-refractivity contribution is -0.140. The van der Waals surface area contributed by atoms with Crippen LogP contribution < -0.4 is 19.1 Å². The fourth-order valence-corrected chi connectivity index (χ4v) is 6.13. The van der Waals surface area contributed by atoms with Crippen LogP contribution in [0.1, 0.15) is 51.0 Å². The van der Waals surface area contributed by atoms with E-state index in [1.807, 2.05) is 18.2 Å². The number of benzene rings is 2. The number of halogens is 1. The van der Waals surface area contributed by atoms with Crippen molar-refractivity contribution in [1.82, 2.24) is 10.2 Å². The first-order valence-electron chi connectivity index (χ1n) is 13.3. The molecule has 11 heteroatoms. The molecule has 1 aliphatic heterocycles. The van der Waals surface area contributed by atoms with Crippen molar-refractivity contribution in [2.75, 3.05) is 30.3 Å². The van der Waals surface area contributed by atoms with Crippen LogP contribution in [0.25, 0.3) is 0 Å². The third-order valence-electron chi connectivity index (χ3n) is 7.13. The van der Waals surface area contributed by atoms with Gasteiger partial charge in [-0.15, -0.1) is 0 Å². The topological polar surface area (TPSA) is 105 Å². The predicted octanol–water partition coefficient (Wildman–Crippen LogP) is 4.13. The maximum absolute atomic E-state index is 13.5. The molecule has 0 saturated heterocycles. The number of hydrogen-bond acceptors (Lipinski definition) is 6. The summed E-state index contributed by atoms with van der Waals surface area (Å²) in [4.78, 5) is 28.1. The van der Waals surface area contributed by atoms with Crippen molar-refractivity contribution in [2.45, 2.75) is 64.1 Å². The molecule has 2 aromatic carbocycles. The van der Waals surface area contributed by atoms with Crippen LogP contribution in [0.15, 0.2) is 42.5 Å². The first-order valence-corrected chi connectivity index (χ1v) is 15.6. The number of carbonyl (C=O) groups is 2. The van der Waals surface area contributed by atoms with E-state index in [4.69, 9.17) is 21.1 Å². The molecule has 0 radical (unpaired) electrons. The molecular weight excluding hydrogens is 542 g/mol. The maximum atomic E-state index is 13.5. The number of nitrogens with one attached hydrogen (secondary N) is 1. The second-order valence-electron chi connectivity index (χ2n) is 10.0. The van der Waals surface area contributed by atoms with Gasteiger partial charge in [0.1, 0.15) is 19.3 Å². The van der Waals surface area contributed by atoms with Gasteiger partial charge in [-0.05, 0) is 49.9 Å². The van der Waals surface area contributed by atoms with Crippen molar-refractivity contribution in [2.24, 2.45) is 0 Å². The van der Waals surface area contributed by atoms with Crippen LogP contribution in [-0.4, -0.2) is 63.2 Å². The molecule has 0 unspecified atom stereocenters. The van der Waals surface area contributed by atoms with Gasteiger partial charge in [0.2, 0.25) is 21.8 Å². The highest BCUT2D eigenvalue weighted by atomic mass is 35.5. The van der Waals surface area contributed by atoms with E-state index >= 15 is 0 Å². The summed E-state index contributed by atoms with van der Waals surface area (Å²) >= 11 is 6.38. The number of carbonyl (C=O) groups excluding carboxylic acids is 2. The van der Waals surface area contributed by atoms with E-state index in [0.29, 0.717) is 35.4 Å². The largest absolute Gasteiger partial charge is 0.486 e. The number of rotatable bonds is 11. The lowest BCUT2D eigenvalue weighted by Crippen LogP contribution is -2.49. The Hall–Kier alpha value is -2.98. The molecule has 212 valence electrons. The molecule has 9 nitrogen and oxygen atoms in total. The minimum absolute atomic E-state index is 0.0576. The molecule has 0 aromatic heterocycles. The summed E-state index contributed by atoms with van der Waals surface area (Å²) in [5.74, 6) is 0.598. The normalized spacial score (nSPS) is 16.0. The standard InChI is InChI=1S/C28H36ClN3O6S/c1-20(28(34)30-22-9-4-5-10-22)31(19-21-8-3-6-11-24(21)29)27(33)12-7-15-32(39(2,35)36)23-13-14-25-26(18-23)38-17-16-37-25/h3,6,8,11,13-14,18,20,22H,4-5,7,9-10,12,15-17,19H2,1-2H3,(H,30,34)/t20-/m1/s1. The van der Waals surface area contributed by atoms with Gasteiger partial charge in [-0.1, -0.05) is 42.6 Å². The van der Waals surface area contributed by atoms with Gasteiger partial charge in [-0.25, -0.2) is 8.42 Å². The lowest BCUT2D eigenvalue weighted by atomic mass is 10.1. The molecule has 2 aliphatic rings. The first-order chi connectivity index (χ1) is 18.6. The molecular formula is C28H36ClN3O6S. The van der Waals surface area contributed by atoms with Gasteiger partial charge in [-0.2, -0.15) is 0 Å². The third-order valence-corrected chi connectivity index (χ3v) is 8.70. The molecule has 1 N–H and O–H groups in total. The van der Waals surface area contributed by atoms with Crippen LogP contribution in [0.4, 0.5) is 5.69 Å². The van der Waals surface area contributed by atoms with Crippen LogP contribution in [0.3, 0.4) is 0 Å². The van der Waals surface area contributed by atoms with E-state index in [2.05, 4.69) is 5.32 Å². The molecule has 0 bridgehead atoms. The Bertz CT molecular complexity index is 1280. The van der Waals surface area contributed by atoms with E-state index in [9.17, 15) is 18.0 Å². The van der Waals surface area contributed by atoms with Crippen LogP contribution in [0, 0.1) is 0 Å². The van der Waals surface area contributed by atoms with Crippen molar-refractivity contribution >= 4 is 39.1 Å². The second kappa shape index (κ2) is 12.9. The minimum Gasteiger partial charge on any atom is -0.486 e. The summed E-state index contributed by atoms with van der Waals surface area (Å²) in [5, 5.41) is 3.59. The van der Waals surface area contributed by atoms with Crippen molar-refractivity contribution in [3.05, 3.63) is 53.1 Å². The first kappa shape index (κ1) is 29.0. The summed E-state index contributed by atoms with van der Waals surface area (Å²) in [6.07, 6.45) is 5.50. The van der Waals surface area contributed by atoms with Crippen LogP contribution in [-0.2, 0) is 26.2 Å². The molecule has 2 aromatic rings. The second-order valence-corrected chi connectivity index (χ2v) is 12.4. The monoisotopic (exact) mass is 577 g/mol. The van der Waals surface area contributed by atoms with Gasteiger partial charge in [0, 0.05) is 36.6 Å². The lowest BCUT2D eigenvalue weighted by Gasteiger charge is -2.30. The molecule has 4 rings (SSSR count). The molecule has 0 spiro atoms.